The van der Waals surface area contributed by atoms with Gasteiger partial charge >= 0.3 is 0 Å². The Morgan fingerprint density at radius 1 is 1.04 bits per heavy atom. The fraction of sp³-hybridized carbons (Fsp3) is 0.316. The standard InChI is InChI=1S/C19H22N4O2/c1-16(24)21-10-5-11-22(13-12-21)19(25)9-8-17-14-20-23(15-17)18-6-3-2-4-7-18/h2-4,6-9,14-15H,5,10-13H2,1H3/b9-8+. The summed E-state index contributed by atoms with van der Waals surface area (Å²) < 4.78 is 1.78. The predicted octanol–water partition coefficient (Wildman–Crippen LogP) is 1.97. The van der Waals surface area contributed by atoms with E-state index >= 15 is 0 Å². The van der Waals surface area contributed by atoms with E-state index in [4.69, 9.17) is 0 Å². The van der Waals surface area contributed by atoms with E-state index in [0.717, 1.165) is 17.7 Å². The summed E-state index contributed by atoms with van der Waals surface area (Å²) in [6, 6.07) is 9.83. The number of carbonyl (C=O) groups excluding carboxylic acids is 2. The Morgan fingerprint density at radius 2 is 1.76 bits per heavy atom. The van der Waals surface area contributed by atoms with Crippen molar-refractivity contribution in [1.29, 1.82) is 0 Å². The molecule has 2 amide bonds. The quantitative estimate of drug-likeness (QED) is 0.804. The summed E-state index contributed by atoms with van der Waals surface area (Å²) >= 11 is 0. The first-order valence-electron chi connectivity index (χ1n) is 8.46. The molecule has 1 saturated heterocycles. The normalized spacial score (nSPS) is 15.4. The number of rotatable bonds is 3. The molecule has 25 heavy (non-hydrogen) atoms. The van der Waals surface area contributed by atoms with Crippen LogP contribution in [0.2, 0.25) is 0 Å². The topological polar surface area (TPSA) is 58.4 Å². The second-order valence-corrected chi connectivity index (χ2v) is 6.07. The summed E-state index contributed by atoms with van der Waals surface area (Å²) in [5, 5.41) is 4.32. The van der Waals surface area contributed by atoms with E-state index in [1.165, 1.54) is 0 Å². The summed E-state index contributed by atoms with van der Waals surface area (Å²) in [6.07, 6.45) is 7.79. The van der Waals surface area contributed by atoms with Crippen molar-refractivity contribution in [1.82, 2.24) is 19.6 Å². The molecule has 130 valence electrons. The van der Waals surface area contributed by atoms with Crippen LogP contribution in [0.4, 0.5) is 0 Å². The Bertz CT molecular complexity index is 767. The number of benzene rings is 1. The average molecular weight is 338 g/mol. The minimum atomic E-state index is -0.0298. The van der Waals surface area contributed by atoms with Crippen molar-refractivity contribution < 1.29 is 9.59 Å². The van der Waals surface area contributed by atoms with Gasteiger partial charge in [0.25, 0.3) is 0 Å². The van der Waals surface area contributed by atoms with Crippen LogP contribution in [0.15, 0.2) is 48.8 Å². The van der Waals surface area contributed by atoms with Crippen LogP contribution >= 0.6 is 0 Å². The molecule has 1 aliphatic rings. The van der Waals surface area contributed by atoms with Crippen LogP contribution in [-0.4, -0.2) is 57.6 Å². The monoisotopic (exact) mass is 338 g/mol. The number of nitrogens with zero attached hydrogens (tertiary/aromatic N) is 4. The van der Waals surface area contributed by atoms with Crippen LogP contribution in [0.3, 0.4) is 0 Å². The van der Waals surface area contributed by atoms with Gasteiger partial charge in [-0.3, -0.25) is 9.59 Å². The number of hydrogen-bond donors (Lipinski definition) is 0. The molecule has 0 bridgehead atoms. The van der Waals surface area contributed by atoms with Crippen LogP contribution in [0, 0.1) is 0 Å². The predicted molar refractivity (Wildman–Crippen MR) is 96.0 cm³/mol. The summed E-state index contributed by atoms with van der Waals surface area (Å²) in [4.78, 5) is 27.4. The number of hydrogen-bond acceptors (Lipinski definition) is 3. The van der Waals surface area contributed by atoms with E-state index in [2.05, 4.69) is 5.10 Å². The lowest BCUT2D eigenvalue weighted by atomic mass is 10.3. The Labute approximate surface area is 147 Å². The summed E-state index contributed by atoms with van der Waals surface area (Å²) in [7, 11) is 0. The van der Waals surface area contributed by atoms with E-state index in [1.54, 1.807) is 39.8 Å². The van der Waals surface area contributed by atoms with E-state index in [9.17, 15) is 9.59 Å². The Kier molecular flexibility index (Phi) is 5.28. The van der Waals surface area contributed by atoms with E-state index in [-0.39, 0.29) is 11.8 Å². The molecule has 3 rings (SSSR count). The molecule has 0 radical (unpaired) electrons. The molecule has 0 unspecified atom stereocenters. The highest BCUT2D eigenvalue weighted by atomic mass is 16.2. The maximum absolute atomic E-state index is 12.4. The number of para-hydroxylation sites is 1. The van der Waals surface area contributed by atoms with Gasteiger partial charge in [0.15, 0.2) is 0 Å². The molecule has 6 heteroatoms. The lowest BCUT2D eigenvalue weighted by Gasteiger charge is -2.20. The third-order valence-corrected chi connectivity index (χ3v) is 4.29. The first-order valence-corrected chi connectivity index (χ1v) is 8.46. The van der Waals surface area contributed by atoms with Gasteiger partial charge in [0.05, 0.1) is 11.9 Å². The van der Waals surface area contributed by atoms with Crippen molar-refractivity contribution >= 4 is 17.9 Å². The van der Waals surface area contributed by atoms with Gasteiger partial charge in [-0.2, -0.15) is 5.10 Å². The molecule has 2 heterocycles. The molecule has 1 aromatic heterocycles. The van der Waals surface area contributed by atoms with Crippen LogP contribution in [-0.2, 0) is 9.59 Å². The third-order valence-electron chi connectivity index (χ3n) is 4.29. The third kappa shape index (κ3) is 4.35. The first-order chi connectivity index (χ1) is 12.1. The van der Waals surface area contributed by atoms with Crippen molar-refractivity contribution in [3.05, 3.63) is 54.4 Å². The van der Waals surface area contributed by atoms with Gasteiger partial charge in [0.2, 0.25) is 11.8 Å². The maximum Gasteiger partial charge on any atom is 0.246 e. The molecule has 0 saturated carbocycles. The molecule has 1 aromatic carbocycles. The average Bonchev–Trinajstić information content (AvgIpc) is 2.95. The van der Waals surface area contributed by atoms with E-state index in [0.29, 0.717) is 26.2 Å². The number of amides is 2. The summed E-state index contributed by atoms with van der Waals surface area (Å²) in [6.45, 7) is 4.14. The fourth-order valence-electron chi connectivity index (χ4n) is 2.87. The molecule has 1 fully saturated rings. The second kappa shape index (κ2) is 7.79. The Balaban J connectivity index is 1.61. The van der Waals surface area contributed by atoms with E-state index in [1.807, 2.05) is 36.5 Å². The van der Waals surface area contributed by atoms with Gasteiger partial charge in [0, 0.05) is 50.9 Å². The molecule has 1 aliphatic heterocycles. The van der Waals surface area contributed by atoms with Gasteiger partial charge in [-0.05, 0) is 24.6 Å². The molecule has 6 nitrogen and oxygen atoms in total. The SMILES string of the molecule is CC(=O)N1CCCN(C(=O)/C=C/c2cnn(-c3ccccc3)c2)CC1. The highest BCUT2D eigenvalue weighted by Gasteiger charge is 2.18. The van der Waals surface area contributed by atoms with E-state index < -0.39 is 0 Å². The minimum absolute atomic E-state index is 0.0298. The van der Waals surface area contributed by atoms with Gasteiger partial charge in [-0.15, -0.1) is 0 Å². The summed E-state index contributed by atoms with van der Waals surface area (Å²) in [5.74, 6) is 0.0380. The van der Waals surface area contributed by atoms with Crippen LogP contribution in [0.25, 0.3) is 11.8 Å². The van der Waals surface area contributed by atoms with Crippen molar-refractivity contribution in [2.24, 2.45) is 0 Å². The molecule has 0 N–H and O–H groups in total. The largest absolute Gasteiger partial charge is 0.341 e. The fourth-order valence-corrected chi connectivity index (χ4v) is 2.87. The molecular weight excluding hydrogens is 316 g/mol. The molecule has 0 spiro atoms. The highest BCUT2D eigenvalue weighted by Crippen LogP contribution is 2.10. The highest BCUT2D eigenvalue weighted by molar-refractivity contribution is 5.91. The Morgan fingerprint density at radius 3 is 2.52 bits per heavy atom. The first kappa shape index (κ1) is 17.0. The van der Waals surface area contributed by atoms with Crippen molar-refractivity contribution in [2.45, 2.75) is 13.3 Å². The molecule has 0 atom stereocenters. The van der Waals surface area contributed by atoms with Gasteiger partial charge in [-0.25, -0.2) is 4.68 Å². The number of aromatic nitrogens is 2. The second-order valence-electron chi connectivity index (χ2n) is 6.07. The lowest BCUT2D eigenvalue weighted by Crippen LogP contribution is -2.35. The lowest BCUT2D eigenvalue weighted by molar-refractivity contribution is -0.130. The Hall–Kier alpha value is -2.89. The van der Waals surface area contributed by atoms with Gasteiger partial charge < -0.3 is 9.80 Å². The number of carbonyl (C=O) groups is 2. The van der Waals surface area contributed by atoms with Gasteiger partial charge in [0.1, 0.15) is 0 Å². The minimum Gasteiger partial charge on any atom is -0.341 e. The zero-order valence-electron chi connectivity index (χ0n) is 14.3. The molecular formula is C19H22N4O2. The van der Waals surface area contributed by atoms with Crippen molar-refractivity contribution in [3.63, 3.8) is 0 Å². The van der Waals surface area contributed by atoms with Crippen molar-refractivity contribution in [3.8, 4) is 5.69 Å². The molecule has 2 aromatic rings. The smallest absolute Gasteiger partial charge is 0.246 e. The molecule has 0 aliphatic carbocycles. The zero-order valence-corrected chi connectivity index (χ0v) is 14.3. The van der Waals surface area contributed by atoms with Crippen LogP contribution < -0.4 is 0 Å². The summed E-state index contributed by atoms with van der Waals surface area (Å²) in [5.41, 5.74) is 1.85. The maximum atomic E-state index is 12.4. The van der Waals surface area contributed by atoms with Crippen LogP contribution in [0.5, 0.6) is 0 Å². The van der Waals surface area contributed by atoms with Gasteiger partial charge in [-0.1, -0.05) is 18.2 Å². The van der Waals surface area contributed by atoms with Crippen molar-refractivity contribution in [2.75, 3.05) is 26.2 Å². The van der Waals surface area contributed by atoms with Crippen LogP contribution in [0.1, 0.15) is 18.9 Å². The zero-order chi connectivity index (χ0) is 17.6.